The van der Waals surface area contributed by atoms with E-state index in [9.17, 15) is 19.0 Å². The van der Waals surface area contributed by atoms with Gasteiger partial charge in [0, 0.05) is 12.6 Å². The molecule has 2 aliphatic heterocycles. The first-order valence-corrected chi connectivity index (χ1v) is 5.62. The molecule has 0 saturated carbocycles. The summed E-state index contributed by atoms with van der Waals surface area (Å²) in [6.45, 7) is -1.03. The number of amidine groups is 1. The standard InChI is InChI=1S/C10H15F2N3O4/c11-8(12)10(4-16)5(17)3-7(19-10)15-2-1-6(13)14-9(15)18/h1-2,5,7-9,16-18H,3-4H2,(H2,13,14)/t5-,7+,9?,10+/m0/s1. The van der Waals surface area contributed by atoms with Crippen LogP contribution in [0.1, 0.15) is 6.42 Å². The van der Waals surface area contributed by atoms with E-state index >= 15 is 0 Å². The van der Waals surface area contributed by atoms with E-state index in [2.05, 4.69) is 4.99 Å². The maximum atomic E-state index is 13.0. The van der Waals surface area contributed by atoms with E-state index in [1.165, 1.54) is 12.3 Å². The number of hydrogen-bond acceptors (Lipinski definition) is 7. The zero-order valence-electron chi connectivity index (χ0n) is 9.86. The van der Waals surface area contributed by atoms with Crippen molar-refractivity contribution in [2.24, 2.45) is 10.7 Å². The molecule has 2 rings (SSSR count). The van der Waals surface area contributed by atoms with Crippen molar-refractivity contribution in [1.29, 1.82) is 0 Å². The highest BCUT2D eigenvalue weighted by atomic mass is 19.3. The van der Waals surface area contributed by atoms with Crippen LogP contribution in [-0.2, 0) is 4.74 Å². The second kappa shape index (κ2) is 5.00. The van der Waals surface area contributed by atoms with Crippen molar-refractivity contribution in [3.63, 3.8) is 0 Å². The van der Waals surface area contributed by atoms with Crippen LogP contribution in [0.15, 0.2) is 17.3 Å². The summed E-state index contributed by atoms with van der Waals surface area (Å²) in [6, 6.07) is 0. The molecule has 4 atom stereocenters. The predicted molar refractivity (Wildman–Crippen MR) is 59.9 cm³/mol. The largest absolute Gasteiger partial charge is 0.393 e. The lowest BCUT2D eigenvalue weighted by molar-refractivity contribution is -0.211. The van der Waals surface area contributed by atoms with Gasteiger partial charge in [0.05, 0.1) is 12.7 Å². The zero-order valence-corrected chi connectivity index (χ0v) is 9.86. The normalized spacial score (nSPS) is 38.9. The van der Waals surface area contributed by atoms with Gasteiger partial charge in [-0.05, 0) is 6.08 Å². The Labute approximate surface area is 107 Å². The zero-order chi connectivity index (χ0) is 14.2. The van der Waals surface area contributed by atoms with E-state index in [-0.39, 0.29) is 12.3 Å². The lowest BCUT2D eigenvalue weighted by Gasteiger charge is -2.33. The Balaban J connectivity index is 2.16. The molecule has 0 aromatic rings. The molecular formula is C10H15F2N3O4. The first-order valence-electron chi connectivity index (χ1n) is 5.62. The van der Waals surface area contributed by atoms with Crippen LogP contribution < -0.4 is 5.73 Å². The Hall–Kier alpha value is -1.29. The van der Waals surface area contributed by atoms with Gasteiger partial charge in [-0.3, -0.25) is 0 Å². The van der Waals surface area contributed by atoms with Gasteiger partial charge in [0.1, 0.15) is 12.1 Å². The lowest BCUT2D eigenvalue weighted by atomic mass is 9.98. The molecular weight excluding hydrogens is 264 g/mol. The number of hydrogen-bond donors (Lipinski definition) is 4. The van der Waals surface area contributed by atoms with Crippen LogP contribution in [0.25, 0.3) is 0 Å². The molecule has 0 aromatic heterocycles. The van der Waals surface area contributed by atoms with Gasteiger partial charge in [-0.15, -0.1) is 0 Å². The van der Waals surface area contributed by atoms with Crippen LogP contribution in [0.4, 0.5) is 8.78 Å². The molecule has 0 spiro atoms. The highest BCUT2D eigenvalue weighted by molar-refractivity contribution is 5.91. The Bertz CT molecular complexity index is 406. The quantitative estimate of drug-likeness (QED) is 0.503. The fourth-order valence-corrected chi connectivity index (χ4v) is 2.09. The SMILES string of the molecule is NC1=NC(O)N([C@H]2C[C@H](O)[C@](CO)(C(F)F)O2)C=C1. The molecule has 0 aromatic carbocycles. The van der Waals surface area contributed by atoms with Gasteiger partial charge in [0.15, 0.2) is 5.60 Å². The fourth-order valence-electron chi connectivity index (χ4n) is 2.09. The van der Waals surface area contributed by atoms with Gasteiger partial charge in [0.25, 0.3) is 6.43 Å². The van der Waals surface area contributed by atoms with Crippen LogP contribution in [0, 0.1) is 0 Å². The summed E-state index contributed by atoms with van der Waals surface area (Å²) < 4.78 is 31.0. The molecule has 108 valence electrons. The number of ether oxygens (including phenoxy) is 1. The third-order valence-corrected chi connectivity index (χ3v) is 3.24. The number of nitrogens with two attached hydrogens (primary N) is 1. The fraction of sp³-hybridized carbons (Fsp3) is 0.700. The van der Waals surface area contributed by atoms with Crippen LogP contribution in [0.3, 0.4) is 0 Å². The Kier molecular flexibility index (Phi) is 3.72. The summed E-state index contributed by atoms with van der Waals surface area (Å²) in [4.78, 5) is 4.77. The van der Waals surface area contributed by atoms with Crippen molar-refractivity contribution >= 4 is 5.84 Å². The van der Waals surface area contributed by atoms with E-state index in [1.807, 2.05) is 0 Å². The number of halogens is 2. The van der Waals surface area contributed by atoms with Crippen molar-refractivity contribution in [2.45, 2.75) is 37.1 Å². The third-order valence-electron chi connectivity index (χ3n) is 3.24. The molecule has 2 heterocycles. The first-order chi connectivity index (χ1) is 8.90. The minimum atomic E-state index is -3.06. The van der Waals surface area contributed by atoms with Crippen LogP contribution >= 0.6 is 0 Å². The van der Waals surface area contributed by atoms with Crippen LogP contribution in [-0.4, -0.2) is 63.4 Å². The predicted octanol–water partition coefficient (Wildman–Crippen LogP) is -1.45. The second-order valence-electron chi connectivity index (χ2n) is 4.40. The Morgan fingerprint density at radius 2 is 2.26 bits per heavy atom. The van der Waals surface area contributed by atoms with Crippen LogP contribution in [0.5, 0.6) is 0 Å². The summed E-state index contributed by atoms with van der Waals surface area (Å²) in [5.41, 5.74) is 3.03. The van der Waals surface area contributed by atoms with Crippen molar-refractivity contribution < 1.29 is 28.8 Å². The minimum Gasteiger partial charge on any atom is -0.393 e. The van der Waals surface area contributed by atoms with Crippen LogP contribution in [0.2, 0.25) is 0 Å². The molecule has 5 N–H and O–H groups in total. The van der Waals surface area contributed by atoms with Crippen molar-refractivity contribution in [2.75, 3.05) is 6.61 Å². The summed E-state index contributed by atoms with van der Waals surface area (Å²) in [5.74, 6) is 0.0876. The Morgan fingerprint density at radius 1 is 1.58 bits per heavy atom. The number of rotatable bonds is 3. The van der Waals surface area contributed by atoms with E-state index in [0.29, 0.717) is 0 Å². The van der Waals surface area contributed by atoms with Gasteiger partial charge in [-0.25, -0.2) is 13.8 Å². The van der Waals surface area contributed by atoms with Gasteiger partial charge in [-0.2, -0.15) is 0 Å². The molecule has 0 bridgehead atoms. The molecule has 9 heteroatoms. The highest BCUT2D eigenvalue weighted by Gasteiger charge is 2.56. The number of aliphatic imine (C=N–C) groups is 1. The molecule has 2 aliphatic rings. The third kappa shape index (κ3) is 2.29. The lowest BCUT2D eigenvalue weighted by Crippen LogP contribution is -2.51. The van der Waals surface area contributed by atoms with E-state index < -0.39 is 37.3 Å². The molecule has 0 amide bonds. The van der Waals surface area contributed by atoms with Gasteiger partial charge in [-0.1, -0.05) is 0 Å². The molecule has 7 nitrogen and oxygen atoms in total. The molecule has 19 heavy (non-hydrogen) atoms. The monoisotopic (exact) mass is 279 g/mol. The summed E-state index contributed by atoms with van der Waals surface area (Å²) in [6.07, 6.45) is -4.51. The van der Waals surface area contributed by atoms with E-state index in [1.54, 1.807) is 0 Å². The summed E-state index contributed by atoms with van der Waals surface area (Å²) >= 11 is 0. The first kappa shape index (κ1) is 14.1. The van der Waals surface area contributed by atoms with Crippen molar-refractivity contribution in [3.05, 3.63) is 12.3 Å². The number of nitrogens with zero attached hydrogens (tertiary/aromatic N) is 2. The van der Waals surface area contributed by atoms with Gasteiger partial charge in [0.2, 0.25) is 6.35 Å². The Morgan fingerprint density at radius 3 is 2.74 bits per heavy atom. The van der Waals surface area contributed by atoms with Gasteiger partial charge < -0.3 is 30.7 Å². The number of aliphatic hydroxyl groups is 3. The van der Waals surface area contributed by atoms with E-state index in [4.69, 9.17) is 15.6 Å². The van der Waals surface area contributed by atoms with Crippen molar-refractivity contribution in [3.8, 4) is 0 Å². The maximum absolute atomic E-state index is 13.0. The number of aliphatic hydroxyl groups excluding tert-OH is 3. The minimum absolute atomic E-state index is 0.0876. The molecule has 1 saturated heterocycles. The van der Waals surface area contributed by atoms with Crippen molar-refractivity contribution in [1.82, 2.24) is 4.90 Å². The smallest absolute Gasteiger partial charge is 0.272 e. The second-order valence-corrected chi connectivity index (χ2v) is 4.40. The number of alkyl halides is 2. The summed E-state index contributed by atoms with van der Waals surface area (Å²) in [7, 11) is 0. The molecule has 1 unspecified atom stereocenters. The van der Waals surface area contributed by atoms with E-state index in [0.717, 1.165) is 4.90 Å². The topological polar surface area (TPSA) is 112 Å². The maximum Gasteiger partial charge on any atom is 0.272 e. The highest BCUT2D eigenvalue weighted by Crippen LogP contribution is 2.37. The average Bonchev–Trinajstić information content (AvgIpc) is 2.67. The van der Waals surface area contributed by atoms with Gasteiger partial charge >= 0.3 is 0 Å². The molecule has 0 aliphatic carbocycles. The molecule has 1 fully saturated rings. The molecule has 0 radical (unpaired) electrons. The summed E-state index contributed by atoms with van der Waals surface area (Å²) in [5, 5.41) is 28.4. The average molecular weight is 279 g/mol.